The molecule has 0 unspecified atom stereocenters. The molecule has 34 heavy (non-hydrogen) atoms. The first kappa shape index (κ1) is 24.9. The summed E-state index contributed by atoms with van der Waals surface area (Å²) < 4.78 is 20.2. The highest BCUT2D eigenvalue weighted by Crippen LogP contribution is 2.37. The lowest BCUT2D eigenvalue weighted by Gasteiger charge is -2.23. The molecule has 0 radical (unpaired) electrons. The van der Waals surface area contributed by atoms with Crippen molar-refractivity contribution < 1.29 is 18.7 Å². The second-order valence-electron chi connectivity index (χ2n) is 9.93. The van der Waals surface area contributed by atoms with Crippen LogP contribution in [-0.2, 0) is 4.74 Å². The van der Waals surface area contributed by atoms with E-state index >= 15 is 0 Å². The molecule has 2 aliphatic heterocycles. The minimum Gasteiger partial charge on any atom is -0.444 e. The van der Waals surface area contributed by atoms with Crippen LogP contribution in [0.3, 0.4) is 0 Å². The van der Waals surface area contributed by atoms with Crippen LogP contribution in [0.2, 0.25) is 5.02 Å². The number of halogens is 2. The van der Waals surface area contributed by atoms with E-state index in [1.54, 1.807) is 37.8 Å². The Morgan fingerprint density at radius 1 is 1.21 bits per heavy atom. The molecule has 0 spiro atoms. The first-order chi connectivity index (χ1) is 16.1. The number of piperidine rings is 1. The first-order valence-corrected chi connectivity index (χ1v) is 12.9. The van der Waals surface area contributed by atoms with Gasteiger partial charge in [-0.25, -0.2) is 9.18 Å². The van der Waals surface area contributed by atoms with Gasteiger partial charge in [-0.1, -0.05) is 23.7 Å². The monoisotopic (exact) mass is 507 g/mol. The van der Waals surface area contributed by atoms with Crippen molar-refractivity contribution in [3.63, 3.8) is 0 Å². The molecule has 4 rings (SSSR count). The molecule has 1 aromatic heterocycles. The van der Waals surface area contributed by atoms with Gasteiger partial charge in [0.05, 0.1) is 11.1 Å². The topological polar surface area (TPSA) is 70.7 Å². The molecule has 184 valence electrons. The molecule has 0 saturated carbocycles. The third kappa shape index (κ3) is 5.90. The van der Waals surface area contributed by atoms with Crippen LogP contribution in [0.15, 0.2) is 24.3 Å². The second kappa shape index (κ2) is 10.2. The Kier molecular flexibility index (Phi) is 7.50. The molecular formula is C25H31ClFN3O3S. The van der Waals surface area contributed by atoms with Crippen LogP contribution in [-0.4, -0.2) is 54.7 Å². The third-order valence-corrected chi connectivity index (χ3v) is 7.72. The predicted octanol–water partition coefficient (Wildman–Crippen LogP) is 5.41. The number of nitrogens with one attached hydrogen (secondary N) is 2. The number of nitrogens with zero attached hydrogens (tertiary/aromatic N) is 1. The molecule has 0 bridgehead atoms. The highest BCUT2D eigenvalue weighted by molar-refractivity contribution is 7.18. The average molecular weight is 508 g/mol. The van der Waals surface area contributed by atoms with Crippen LogP contribution in [0.5, 0.6) is 0 Å². The first-order valence-electron chi connectivity index (χ1n) is 11.7. The number of carbonyl (C=O) groups excluding carboxylic acids is 2. The summed E-state index contributed by atoms with van der Waals surface area (Å²) in [6.07, 6.45) is 2.02. The van der Waals surface area contributed by atoms with Gasteiger partial charge in [-0.05, 0) is 82.3 Å². The van der Waals surface area contributed by atoms with E-state index in [2.05, 4.69) is 10.6 Å². The predicted molar refractivity (Wildman–Crippen MR) is 133 cm³/mol. The number of carbonyl (C=O) groups is 2. The van der Waals surface area contributed by atoms with Gasteiger partial charge in [-0.2, -0.15) is 0 Å². The van der Waals surface area contributed by atoms with E-state index in [-0.39, 0.29) is 23.7 Å². The summed E-state index contributed by atoms with van der Waals surface area (Å²) in [6.45, 7) is 8.13. The molecule has 2 saturated heterocycles. The summed E-state index contributed by atoms with van der Waals surface area (Å²) >= 11 is 7.70. The summed E-state index contributed by atoms with van der Waals surface area (Å²) in [6, 6.07) is 6.88. The van der Waals surface area contributed by atoms with Crippen LogP contribution < -0.4 is 10.6 Å². The minimum atomic E-state index is -0.579. The Balaban J connectivity index is 1.42. The lowest BCUT2D eigenvalue weighted by atomic mass is 9.89. The summed E-state index contributed by atoms with van der Waals surface area (Å²) in [7, 11) is 0. The molecule has 2 amide bonds. The van der Waals surface area contributed by atoms with E-state index in [0.717, 1.165) is 36.4 Å². The van der Waals surface area contributed by atoms with Gasteiger partial charge in [-0.3, -0.25) is 4.79 Å². The van der Waals surface area contributed by atoms with E-state index in [4.69, 9.17) is 16.3 Å². The minimum absolute atomic E-state index is 0.173. The van der Waals surface area contributed by atoms with Crippen molar-refractivity contribution in [1.82, 2.24) is 15.5 Å². The van der Waals surface area contributed by atoms with Gasteiger partial charge >= 0.3 is 6.09 Å². The van der Waals surface area contributed by atoms with E-state index in [9.17, 15) is 14.0 Å². The van der Waals surface area contributed by atoms with Gasteiger partial charge in [-0.15, -0.1) is 11.3 Å². The van der Waals surface area contributed by atoms with Gasteiger partial charge in [0.15, 0.2) is 0 Å². The Morgan fingerprint density at radius 2 is 1.94 bits per heavy atom. The fourth-order valence-electron chi connectivity index (χ4n) is 4.48. The SMILES string of the molecule is CC(C)(C)OC(=O)N[C@H]1CCN(C(=O)c2sc(-c3ccc(C4CCNCC4)c(F)c3)cc2Cl)C1. The molecule has 2 aromatic rings. The fraction of sp³-hybridized carbons (Fsp3) is 0.520. The highest BCUT2D eigenvalue weighted by Gasteiger charge is 2.31. The number of likely N-dealkylation sites (tertiary alicyclic amines) is 1. The Hall–Kier alpha value is -2.16. The van der Waals surface area contributed by atoms with Crippen LogP contribution >= 0.6 is 22.9 Å². The molecule has 1 aromatic carbocycles. The van der Waals surface area contributed by atoms with E-state index in [1.165, 1.54) is 11.3 Å². The molecule has 0 aliphatic carbocycles. The van der Waals surface area contributed by atoms with Gasteiger partial charge in [0.2, 0.25) is 0 Å². The average Bonchev–Trinajstić information content (AvgIpc) is 3.39. The molecule has 6 nitrogen and oxygen atoms in total. The smallest absolute Gasteiger partial charge is 0.407 e. The number of thiophene rings is 1. The summed E-state index contributed by atoms with van der Waals surface area (Å²) in [4.78, 5) is 28.0. The third-order valence-electron chi connectivity index (χ3n) is 6.14. The largest absolute Gasteiger partial charge is 0.444 e. The number of hydrogen-bond acceptors (Lipinski definition) is 5. The van der Waals surface area contributed by atoms with Crippen molar-refractivity contribution in [2.24, 2.45) is 0 Å². The van der Waals surface area contributed by atoms with Crippen molar-refractivity contribution in [2.75, 3.05) is 26.2 Å². The van der Waals surface area contributed by atoms with Crippen LogP contribution in [0.1, 0.15) is 61.2 Å². The number of alkyl carbamates (subject to hydrolysis) is 1. The van der Waals surface area contributed by atoms with Crippen LogP contribution in [0.4, 0.5) is 9.18 Å². The Labute approximate surface area is 208 Å². The van der Waals surface area contributed by atoms with Crippen molar-refractivity contribution in [1.29, 1.82) is 0 Å². The summed E-state index contributed by atoms with van der Waals surface area (Å²) in [5, 5.41) is 6.49. The van der Waals surface area contributed by atoms with E-state index in [1.807, 2.05) is 12.1 Å². The van der Waals surface area contributed by atoms with Crippen LogP contribution in [0, 0.1) is 5.82 Å². The van der Waals surface area contributed by atoms with Crippen molar-refractivity contribution in [3.05, 3.63) is 45.5 Å². The van der Waals surface area contributed by atoms with Gasteiger partial charge in [0.25, 0.3) is 5.91 Å². The number of benzene rings is 1. The molecular weight excluding hydrogens is 477 g/mol. The van der Waals surface area contributed by atoms with E-state index in [0.29, 0.717) is 35.0 Å². The molecule has 2 aliphatic rings. The molecule has 2 N–H and O–H groups in total. The molecule has 3 heterocycles. The fourth-order valence-corrected chi connectivity index (χ4v) is 5.87. The van der Waals surface area contributed by atoms with Crippen LogP contribution in [0.25, 0.3) is 10.4 Å². The number of amides is 2. The van der Waals surface area contributed by atoms with Crippen molar-refractivity contribution in [3.8, 4) is 10.4 Å². The zero-order valence-corrected chi connectivity index (χ0v) is 21.3. The van der Waals surface area contributed by atoms with Gasteiger partial charge < -0.3 is 20.3 Å². The zero-order valence-electron chi connectivity index (χ0n) is 19.7. The quantitative estimate of drug-likeness (QED) is 0.580. The zero-order chi connectivity index (χ0) is 24.5. The Morgan fingerprint density at radius 3 is 2.62 bits per heavy atom. The lowest BCUT2D eigenvalue weighted by Crippen LogP contribution is -2.41. The summed E-state index contributed by atoms with van der Waals surface area (Å²) in [5.74, 6) is -0.157. The van der Waals surface area contributed by atoms with Crippen molar-refractivity contribution in [2.45, 2.75) is 57.6 Å². The second-order valence-corrected chi connectivity index (χ2v) is 11.4. The van der Waals surface area contributed by atoms with Crippen molar-refractivity contribution >= 4 is 34.9 Å². The molecule has 2 fully saturated rings. The number of rotatable bonds is 4. The van der Waals surface area contributed by atoms with Gasteiger partial charge in [0.1, 0.15) is 16.3 Å². The normalized spacial score (nSPS) is 19.3. The maximum atomic E-state index is 14.9. The lowest BCUT2D eigenvalue weighted by molar-refractivity contribution is 0.0502. The molecule has 9 heteroatoms. The number of ether oxygens (including phenoxy) is 1. The highest BCUT2D eigenvalue weighted by atomic mass is 35.5. The van der Waals surface area contributed by atoms with Gasteiger partial charge in [0, 0.05) is 18.0 Å². The van der Waals surface area contributed by atoms with E-state index < -0.39 is 11.7 Å². The summed E-state index contributed by atoms with van der Waals surface area (Å²) in [5.41, 5.74) is 0.890. The standard InChI is InChI=1S/C25H31ClFN3O3S/c1-25(2,3)33-24(32)29-17-8-11-30(14-17)23(31)22-19(26)13-21(34-22)16-4-5-18(20(27)12-16)15-6-9-28-10-7-15/h4-5,12-13,15,17,28H,6-11,14H2,1-3H3,(H,29,32)/t17-/m0/s1. The number of hydrogen-bond donors (Lipinski definition) is 2. The molecule has 1 atom stereocenters. The maximum absolute atomic E-state index is 14.9. The Bertz CT molecular complexity index is 1060. The maximum Gasteiger partial charge on any atom is 0.407 e.